The molecule has 3 aromatic carbocycles. The lowest BCUT2D eigenvalue weighted by Crippen LogP contribution is -2.15. The van der Waals surface area contributed by atoms with Crippen LogP contribution in [0.3, 0.4) is 0 Å². The smallest absolute Gasteiger partial charge is 0.146 e. The summed E-state index contributed by atoms with van der Waals surface area (Å²) < 4.78 is 15.9. The van der Waals surface area contributed by atoms with E-state index in [1.165, 1.54) is 10.8 Å². The second kappa shape index (κ2) is 6.25. The summed E-state index contributed by atoms with van der Waals surface area (Å²) in [5.41, 5.74) is 3.88. The summed E-state index contributed by atoms with van der Waals surface area (Å²) in [5, 5.41) is 5.04. The van der Waals surface area contributed by atoms with E-state index in [0.717, 1.165) is 38.2 Å². The maximum atomic E-state index is 13.7. The Balaban J connectivity index is 1.75. The summed E-state index contributed by atoms with van der Waals surface area (Å²) in [5.74, 6) is 0. The largest absolute Gasteiger partial charge is 0.314 e. The minimum absolute atomic E-state index is 0.758. The van der Waals surface area contributed by atoms with Gasteiger partial charge in [0.15, 0.2) is 0 Å². The highest BCUT2D eigenvalue weighted by Crippen LogP contribution is 2.40. The van der Waals surface area contributed by atoms with Crippen molar-refractivity contribution in [3.05, 3.63) is 91.3 Å². The molecule has 6 aromatic rings. The molecule has 6 rings (SSSR count). The van der Waals surface area contributed by atoms with Gasteiger partial charge in [0.1, 0.15) is 12.8 Å². The minimum atomic E-state index is -2.77. The van der Waals surface area contributed by atoms with E-state index in [4.69, 9.17) is 4.98 Å². The Labute approximate surface area is 173 Å². The molecule has 3 heterocycles. The van der Waals surface area contributed by atoms with Gasteiger partial charge in [0, 0.05) is 33.8 Å². The molecule has 0 aliphatic rings. The van der Waals surface area contributed by atoms with Crippen LogP contribution >= 0.6 is 7.14 Å². The number of pyridine rings is 2. The molecule has 1 atom stereocenters. The third-order valence-corrected chi connectivity index (χ3v) is 8.39. The number of hydrogen-bond donors (Lipinski definition) is 0. The van der Waals surface area contributed by atoms with Gasteiger partial charge < -0.3 is 4.57 Å². The van der Waals surface area contributed by atoms with Crippen LogP contribution in [0.15, 0.2) is 91.3 Å². The highest BCUT2D eigenvalue weighted by Gasteiger charge is 2.23. The van der Waals surface area contributed by atoms with Gasteiger partial charge in [-0.1, -0.05) is 42.5 Å². The number of aromatic nitrogens is 3. The fourth-order valence-electron chi connectivity index (χ4n) is 4.32. The van der Waals surface area contributed by atoms with E-state index < -0.39 is 7.14 Å². The van der Waals surface area contributed by atoms with Gasteiger partial charge >= 0.3 is 0 Å². The van der Waals surface area contributed by atoms with Crippen LogP contribution in [0.1, 0.15) is 0 Å². The molecular weight excluding hydrogens is 389 g/mol. The zero-order valence-corrected chi connectivity index (χ0v) is 17.3. The van der Waals surface area contributed by atoms with Gasteiger partial charge in [-0.15, -0.1) is 0 Å². The maximum absolute atomic E-state index is 13.7. The molecule has 0 fully saturated rings. The predicted molar refractivity (Wildman–Crippen MR) is 125 cm³/mol. The van der Waals surface area contributed by atoms with Crippen LogP contribution in [0.2, 0.25) is 0 Å². The lowest BCUT2D eigenvalue weighted by Gasteiger charge is -2.14. The van der Waals surface area contributed by atoms with Gasteiger partial charge in [0.25, 0.3) is 0 Å². The number of nitrogens with zero attached hydrogens (tertiary/aromatic N) is 3. The Hall–Kier alpha value is -3.49. The van der Waals surface area contributed by atoms with Crippen molar-refractivity contribution >= 4 is 56.1 Å². The quantitative estimate of drug-likeness (QED) is 0.295. The van der Waals surface area contributed by atoms with Crippen LogP contribution in [0, 0.1) is 0 Å². The van der Waals surface area contributed by atoms with Gasteiger partial charge in [-0.05, 0) is 48.4 Å². The average molecular weight is 407 g/mol. The van der Waals surface area contributed by atoms with E-state index in [0.29, 0.717) is 0 Å². The first-order valence-corrected chi connectivity index (χ1v) is 12.0. The third-order valence-electron chi connectivity index (χ3n) is 5.87. The first-order chi connectivity index (χ1) is 14.6. The molecule has 0 saturated carbocycles. The standard InChI is InChI=1S/C25H18N3OP/c1-30(29,18-7-6-14-26-16-18)17-12-13-22-24(15-17)28-23-11-5-4-9-20(23)19-8-2-3-10-21(19)25(28)27-22/h2-16H,1H3. The second-order valence-corrected chi connectivity index (χ2v) is 10.5. The van der Waals surface area contributed by atoms with Crippen LogP contribution in [0.25, 0.3) is 38.4 Å². The fourth-order valence-corrected chi connectivity index (χ4v) is 6.00. The number of para-hydroxylation sites is 1. The topological polar surface area (TPSA) is 47.3 Å². The van der Waals surface area contributed by atoms with Crippen LogP contribution < -0.4 is 10.6 Å². The maximum Gasteiger partial charge on any atom is 0.146 e. The second-order valence-electron chi connectivity index (χ2n) is 7.64. The SMILES string of the molecule is CP(=O)(c1cccnc1)c1ccc2nc3c4ccccc4c4ccccc4n3c2c1. The molecule has 5 heteroatoms. The van der Waals surface area contributed by atoms with Gasteiger partial charge in [-0.3, -0.25) is 9.38 Å². The van der Waals surface area contributed by atoms with E-state index in [1.54, 1.807) is 12.4 Å². The molecular formula is C25H18N3OP. The third kappa shape index (κ3) is 2.38. The fraction of sp³-hybridized carbons (Fsp3) is 0.0400. The number of hydrogen-bond acceptors (Lipinski definition) is 3. The Bertz CT molecular complexity index is 1640. The Morgan fingerprint density at radius 3 is 2.33 bits per heavy atom. The lowest BCUT2D eigenvalue weighted by molar-refractivity contribution is 0.590. The molecule has 0 saturated heterocycles. The molecule has 1 unspecified atom stereocenters. The summed E-state index contributed by atoms with van der Waals surface area (Å²) in [6, 6.07) is 26.4. The highest BCUT2D eigenvalue weighted by atomic mass is 31.2. The summed E-state index contributed by atoms with van der Waals surface area (Å²) in [7, 11) is -2.77. The molecule has 0 amide bonds. The van der Waals surface area contributed by atoms with Crippen LogP contribution in [-0.2, 0) is 4.57 Å². The zero-order chi connectivity index (χ0) is 20.3. The first-order valence-electron chi connectivity index (χ1n) is 9.85. The van der Waals surface area contributed by atoms with Crippen molar-refractivity contribution in [1.82, 2.24) is 14.4 Å². The van der Waals surface area contributed by atoms with Crippen LogP contribution in [0.5, 0.6) is 0 Å². The normalized spacial score (nSPS) is 13.9. The van der Waals surface area contributed by atoms with Crippen LogP contribution in [0.4, 0.5) is 0 Å². The van der Waals surface area contributed by atoms with Crippen molar-refractivity contribution in [2.45, 2.75) is 0 Å². The van der Waals surface area contributed by atoms with Crippen molar-refractivity contribution < 1.29 is 4.57 Å². The van der Waals surface area contributed by atoms with Gasteiger partial charge in [-0.25, -0.2) is 4.98 Å². The van der Waals surface area contributed by atoms with Crippen LogP contribution in [-0.4, -0.2) is 21.0 Å². The van der Waals surface area contributed by atoms with Gasteiger partial charge in [0.2, 0.25) is 0 Å². The number of benzene rings is 3. The Morgan fingerprint density at radius 2 is 1.53 bits per heavy atom. The minimum Gasteiger partial charge on any atom is -0.314 e. The van der Waals surface area contributed by atoms with E-state index in [9.17, 15) is 4.57 Å². The molecule has 0 N–H and O–H groups in total. The predicted octanol–water partition coefficient (Wildman–Crippen LogP) is 5.13. The summed E-state index contributed by atoms with van der Waals surface area (Å²) in [6.07, 6.45) is 3.40. The molecule has 3 aromatic heterocycles. The number of rotatable bonds is 2. The Morgan fingerprint density at radius 1 is 0.767 bits per heavy atom. The van der Waals surface area contributed by atoms with Gasteiger partial charge in [-0.2, -0.15) is 0 Å². The molecule has 4 nitrogen and oxygen atoms in total. The molecule has 144 valence electrons. The van der Waals surface area contributed by atoms with Crippen molar-refractivity contribution in [2.75, 3.05) is 6.66 Å². The molecule has 0 aliphatic heterocycles. The van der Waals surface area contributed by atoms with Gasteiger partial charge in [0.05, 0.1) is 16.6 Å². The van der Waals surface area contributed by atoms with E-state index >= 15 is 0 Å². The molecule has 0 aliphatic carbocycles. The summed E-state index contributed by atoms with van der Waals surface area (Å²) >= 11 is 0. The summed E-state index contributed by atoms with van der Waals surface area (Å²) in [6.45, 7) is 1.81. The van der Waals surface area contributed by atoms with E-state index in [2.05, 4.69) is 45.8 Å². The highest BCUT2D eigenvalue weighted by molar-refractivity contribution is 7.78. The Kier molecular flexibility index (Phi) is 3.62. The van der Waals surface area contributed by atoms with Crippen molar-refractivity contribution in [2.24, 2.45) is 0 Å². The molecule has 0 bridgehead atoms. The summed E-state index contributed by atoms with van der Waals surface area (Å²) in [4.78, 5) is 9.11. The van der Waals surface area contributed by atoms with E-state index in [-0.39, 0.29) is 0 Å². The molecule has 0 radical (unpaired) electrons. The van der Waals surface area contributed by atoms with Crippen molar-refractivity contribution in [3.63, 3.8) is 0 Å². The molecule has 0 spiro atoms. The first kappa shape index (κ1) is 17.4. The van der Waals surface area contributed by atoms with E-state index in [1.807, 2.05) is 49.1 Å². The van der Waals surface area contributed by atoms with Crippen molar-refractivity contribution in [3.8, 4) is 0 Å². The van der Waals surface area contributed by atoms with Crippen molar-refractivity contribution in [1.29, 1.82) is 0 Å². The average Bonchev–Trinajstić information content (AvgIpc) is 3.19. The monoisotopic (exact) mass is 407 g/mol. The number of imidazole rings is 1. The zero-order valence-electron chi connectivity index (χ0n) is 16.4. The molecule has 30 heavy (non-hydrogen) atoms. The lowest BCUT2D eigenvalue weighted by atomic mass is 10.1. The number of fused-ring (bicyclic) bond motifs is 8.